The summed E-state index contributed by atoms with van der Waals surface area (Å²) >= 11 is 0. The van der Waals surface area contributed by atoms with Gasteiger partial charge in [-0.3, -0.25) is 0 Å². The maximum atomic E-state index is 11.4. The Morgan fingerprint density at radius 1 is 1.47 bits per heavy atom. The first-order valence-electron chi connectivity index (χ1n) is 5.81. The van der Waals surface area contributed by atoms with Crippen LogP contribution in [0.1, 0.15) is 24.2 Å². The van der Waals surface area contributed by atoms with Crippen LogP contribution in [0.2, 0.25) is 0 Å². The highest BCUT2D eigenvalue weighted by molar-refractivity contribution is 5.89. The molecule has 1 rings (SSSR count). The second-order valence-electron chi connectivity index (χ2n) is 3.49. The molecule has 0 amide bonds. The van der Waals surface area contributed by atoms with Crippen molar-refractivity contribution in [2.45, 2.75) is 13.8 Å². The van der Waals surface area contributed by atoms with Crippen molar-refractivity contribution < 1.29 is 9.53 Å². The van der Waals surface area contributed by atoms with Crippen LogP contribution in [0, 0.1) is 0 Å². The predicted molar refractivity (Wildman–Crippen MR) is 67.1 cm³/mol. The molecule has 2 N–H and O–H groups in total. The lowest BCUT2D eigenvalue weighted by molar-refractivity contribution is 0.0526. The number of esters is 1. The van der Waals surface area contributed by atoms with Gasteiger partial charge in [0.05, 0.1) is 12.2 Å². The van der Waals surface area contributed by atoms with Gasteiger partial charge in [0, 0.05) is 25.8 Å². The van der Waals surface area contributed by atoms with Crippen molar-refractivity contribution in [2.24, 2.45) is 5.73 Å². The zero-order valence-electron chi connectivity index (χ0n) is 10.3. The molecule has 0 unspecified atom stereocenters. The Hall–Kier alpha value is -1.62. The van der Waals surface area contributed by atoms with E-state index in [2.05, 4.69) is 9.88 Å². The number of carbonyl (C=O) groups excluding carboxylic acids is 1. The molecule has 1 heterocycles. The molecule has 1 aromatic rings. The molecule has 17 heavy (non-hydrogen) atoms. The minimum atomic E-state index is -0.339. The molecule has 0 radical (unpaired) electrons. The lowest BCUT2D eigenvalue weighted by Crippen LogP contribution is -2.29. The summed E-state index contributed by atoms with van der Waals surface area (Å²) in [5.74, 6) is 0.486. The molecule has 1 aromatic heterocycles. The summed E-state index contributed by atoms with van der Waals surface area (Å²) in [7, 11) is 0. The fourth-order valence-electron chi connectivity index (χ4n) is 1.50. The number of rotatable bonds is 6. The van der Waals surface area contributed by atoms with E-state index in [-0.39, 0.29) is 5.97 Å². The van der Waals surface area contributed by atoms with Crippen molar-refractivity contribution in [1.82, 2.24) is 4.98 Å². The topological polar surface area (TPSA) is 68.5 Å². The van der Waals surface area contributed by atoms with Gasteiger partial charge in [0.2, 0.25) is 0 Å². The summed E-state index contributed by atoms with van der Waals surface area (Å²) in [6, 6.07) is 3.53. The van der Waals surface area contributed by atoms with E-state index in [9.17, 15) is 4.79 Å². The Morgan fingerprint density at radius 2 is 2.24 bits per heavy atom. The maximum absolute atomic E-state index is 11.4. The van der Waals surface area contributed by atoms with Crippen LogP contribution in [-0.4, -0.2) is 37.2 Å². The number of anilines is 1. The van der Waals surface area contributed by atoms with E-state index in [0.717, 1.165) is 18.9 Å². The summed E-state index contributed by atoms with van der Waals surface area (Å²) in [6.45, 7) is 6.35. The first-order valence-corrected chi connectivity index (χ1v) is 5.81. The molecule has 0 aliphatic heterocycles. The van der Waals surface area contributed by atoms with E-state index < -0.39 is 0 Å². The Bertz CT molecular complexity index is 351. The van der Waals surface area contributed by atoms with Crippen molar-refractivity contribution >= 4 is 11.8 Å². The zero-order valence-corrected chi connectivity index (χ0v) is 10.3. The van der Waals surface area contributed by atoms with Gasteiger partial charge < -0.3 is 15.4 Å². The maximum Gasteiger partial charge on any atom is 0.339 e. The first-order chi connectivity index (χ1) is 8.22. The van der Waals surface area contributed by atoms with Crippen LogP contribution in [-0.2, 0) is 4.74 Å². The molecule has 5 nitrogen and oxygen atoms in total. The molecule has 0 saturated carbocycles. The Morgan fingerprint density at radius 3 is 2.71 bits per heavy atom. The Kier molecular flexibility index (Phi) is 5.42. The zero-order chi connectivity index (χ0) is 12.7. The number of hydrogen-bond acceptors (Lipinski definition) is 5. The SMILES string of the molecule is CCOC(=O)c1ccc(N(CC)CCN)nc1. The van der Waals surface area contributed by atoms with Gasteiger partial charge in [0.15, 0.2) is 0 Å². The summed E-state index contributed by atoms with van der Waals surface area (Å²) < 4.78 is 4.89. The smallest absolute Gasteiger partial charge is 0.339 e. The highest BCUT2D eigenvalue weighted by Gasteiger charge is 2.09. The third-order valence-corrected chi connectivity index (χ3v) is 2.36. The monoisotopic (exact) mass is 237 g/mol. The van der Waals surface area contributed by atoms with E-state index in [1.807, 2.05) is 13.0 Å². The lowest BCUT2D eigenvalue weighted by atomic mass is 10.3. The van der Waals surface area contributed by atoms with Gasteiger partial charge in [-0.15, -0.1) is 0 Å². The predicted octanol–water partition coefficient (Wildman–Crippen LogP) is 1.04. The molecular formula is C12H19N3O2. The van der Waals surface area contributed by atoms with Crippen molar-refractivity contribution in [3.63, 3.8) is 0 Å². The van der Waals surface area contributed by atoms with Crippen LogP contribution >= 0.6 is 0 Å². The summed E-state index contributed by atoms with van der Waals surface area (Å²) in [6.07, 6.45) is 1.53. The van der Waals surface area contributed by atoms with Gasteiger partial charge in [-0.05, 0) is 26.0 Å². The van der Waals surface area contributed by atoms with Crippen molar-refractivity contribution in [1.29, 1.82) is 0 Å². The van der Waals surface area contributed by atoms with E-state index in [0.29, 0.717) is 18.7 Å². The molecular weight excluding hydrogens is 218 g/mol. The molecule has 0 aliphatic rings. The molecule has 5 heteroatoms. The van der Waals surface area contributed by atoms with Crippen LogP contribution in [0.25, 0.3) is 0 Å². The number of aromatic nitrogens is 1. The van der Waals surface area contributed by atoms with E-state index >= 15 is 0 Å². The van der Waals surface area contributed by atoms with Crippen LogP contribution in [0.4, 0.5) is 5.82 Å². The van der Waals surface area contributed by atoms with Gasteiger partial charge in [-0.1, -0.05) is 0 Å². The second kappa shape index (κ2) is 6.85. The van der Waals surface area contributed by atoms with E-state index in [1.54, 1.807) is 13.0 Å². The van der Waals surface area contributed by atoms with Crippen molar-refractivity contribution in [3.8, 4) is 0 Å². The average Bonchev–Trinajstić information content (AvgIpc) is 2.36. The number of pyridine rings is 1. The molecule has 94 valence electrons. The van der Waals surface area contributed by atoms with Crippen LogP contribution in [0.5, 0.6) is 0 Å². The van der Waals surface area contributed by atoms with Gasteiger partial charge in [-0.2, -0.15) is 0 Å². The number of carbonyl (C=O) groups is 1. The van der Waals surface area contributed by atoms with E-state index in [4.69, 9.17) is 10.5 Å². The minimum Gasteiger partial charge on any atom is -0.462 e. The number of likely N-dealkylation sites (N-methyl/N-ethyl adjacent to an activating group) is 1. The molecule has 0 aliphatic carbocycles. The first kappa shape index (κ1) is 13.4. The fourth-order valence-corrected chi connectivity index (χ4v) is 1.50. The fraction of sp³-hybridized carbons (Fsp3) is 0.500. The third-order valence-electron chi connectivity index (χ3n) is 2.36. The van der Waals surface area contributed by atoms with E-state index in [1.165, 1.54) is 6.20 Å². The standard InChI is InChI=1S/C12H19N3O2/c1-3-15(8-7-13)11-6-5-10(9-14-11)12(16)17-4-2/h5-6,9H,3-4,7-8,13H2,1-2H3. The van der Waals surface area contributed by atoms with Gasteiger partial charge in [-0.25, -0.2) is 9.78 Å². The number of hydrogen-bond donors (Lipinski definition) is 1. The van der Waals surface area contributed by atoms with Crippen molar-refractivity contribution in [3.05, 3.63) is 23.9 Å². The molecule has 0 spiro atoms. The van der Waals surface area contributed by atoms with Gasteiger partial charge in [0.1, 0.15) is 5.82 Å². The van der Waals surface area contributed by atoms with Crippen LogP contribution in [0.15, 0.2) is 18.3 Å². The van der Waals surface area contributed by atoms with Gasteiger partial charge in [0.25, 0.3) is 0 Å². The minimum absolute atomic E-state index is 0.339. The molecule has 0 aromatic carbocycles. The largest absolute Gasteiger partial charge is 0.462 e. The highest BCUT2D eigenvalue weighted by atomic mass is 16.5. The lowest BCUT2D eigenvalue weighted by Gasteiger charge is -2.20. The highest BCUT2D eigenvalue weighted by Crippen LogP contribution is 2.11. The number of nitrogens with zero attached hydrogens (tertiary/aromatic N) is 2. The van der Waals surface area contributed by atoms with Gasteiger partial charge >= 0.3 is 5.97 Å². The molecule has 0 atom stereocenters. The molecule has 0 fully saturated rings. The second-order valence-corrected chi connectivity index (χ2v) is 3.49. The third kappa shape index (κ3) is 3.71. The summed E-state index contributed by atoms with van der Waals surface area (Å²) in [5.41, 5.74) is 5.99. The normalized spacial score (nSPS) is 10.1. The number of nitrogens with two attached hydrogens (primary N) is 1. The van der Waals surface area contributed by atoms with Crippen LogP contribution < -0.4 is 10.6 Å². The Balaban J connectivity index is 2.76. The summed E-state index contributed by atoms with van der Waals surface area (Å²) in [5, 5.41) is 0. The molecule has 0 saturated heterocycles. The quantitative estimate of drug-likeness (QED) is 0.749. The summed E-state index contributed by atoms with van der Waals surface area (Å²) in [4.78, 5) is 17.7. The average molecular weight is 237 g/mol. The molecule has 0 bridgehead atoms. The van der Waals surface area contributed by atoms with Crippen molar-refractivity contribution in [2.75, 3.05) is 31.1 Å². The number of ether oxygens (including phenoxy) is 1. The Labute approximate surface area is 102 Å². The van der Waals surface area contributed by atoms with Crippen LogP contribution in [0.3, 0.4) is 0 Å².